The number of hydrogen-bond acceptors (Lipinski definition) is 5. The first kappa shape index (κ1) is 13.8. The molecule has 0 aliphatic rings. The van der Waals surface area contributed by atoms with Gasteiger partial charge >= 0.3 is 5.97 Å². The van der Waals surface area contributed by atoms with E-state index in [1.807, 2.05) is 24.4 Å². The van der Waals surface area contributed by atoms with Gasteiger partial charge in [-0.1, -0.05) is 0 Å². The van der Waals surface area contributed by atoms with Crippen LogP contribution in [0.5, 0.6) is 0 Å². The Kier molecular flexibility index (Phi) is 4.70. The van der Waals surface area contributed by atoms with Gasteiger partial charge in [0.2, 0.25) is 0 Å². The van der Waals surface area contributed by atoms with Crippen molar-refractivity contribution in [2.45, 2.75) is 19.4 Å². The fourth-order valence-electron chi connectivity index (χ4n) is 1.87. The van der Waals surface area contributed by atoms with Crippen LogP contribution in [-0.4, -0.2) is 35.3 Å². The average Bonchev–Trinajstić information content (AvgIpc) is 2.84. The van der Waals surface area contributed by atoms with Gasteiger partial charge in [-0.15, -0.1) is 11.3 Å². The summed E-state index contributed by atoms with van der Waals surface area (Å²) in [6.45, 7) is 2.78. The summed E-state index contributed by atoms with van der Waals surface area (Å²) in [7, 11) is 0. The lowest BCUT2D eigenvalue weighted by Crippen LogP contribution is -2.26. The minimum Gasteiger partial charge on any atom is -0.481 e. The number of pyridine rings is 1. The summed E-state index contributed by atoms with van der Waals surface area (Å²) in [5, 5.41) is 15.1. The molecule has 1 atom stereocenters. The van der Waals surface area contributed by atoms with Gasteiger partial charge in [-0.25, -0.2) is 4.98 Å². The van der Waals surface area contributed by atoms with Crippen molar-refractivity contribution >= 4 is 33.2 Å². The third-order valence-electron chi connectivity index (χ3n) is 2.68. The van der Waals surface area contributed by atoms with Gasteiger partial charge in [-0.3, -0.25) is 4.79 Å². The molecular weight excluding hydrogens is 264 g/mol. The predicted octanol–water partition coefficient (Wildman–Crippen LogP) is 2.59. The molecule has 0 aliphatic heterocycles. The van der Waals surface area contributed by atoms with E-state index in [4.69, 9.17) is 9.84 Å². The van der Waals surface area contributed by atoms with E-state index < -0.39 is 5.97 Å². The molecule has 19 heavy (non-hydrogen) atoms. The Morgan fingerprint density at radius 2 is 2.42 bits per heavy atom. The molecule has 5 nitrogen and oxygen atoms in total. The lowest BCUT2D eigenvalue weighted by atomic mass is 10.2. The molecule has 2 aromatic heterocycles. The standard InChI is InChI=1S/C13H16N2O3S/c1-2-18-9(7-12(16)17)8-15-13-10-4-6-19-11(10)3-5-14-13/h3-6,9H,2,7-8H2,1H3,(H,14,15)(H,16,17). The van der Waals surface area contributed by atoms with Crippen LogP contribution in [0.1, 0.15) is 13.3 Å². The summed E-state index contributed by atoms with van der Waals surface area (Å²) in [6.07, 6.45) is 1.38. The second-order valence-electron chi connectivity index (χ2n) is 4.05. The molecule has 2 N–H and O–H groups in total. The number of nitrogens with one attached hydrogen (secondary N) is 1. The van der Waals surface area contributed by atoms with E-state index in [2.05, 4.69) is 10.3 Å². The Labute approximate surface area is 115 Å². The van der Waals surface area contributed by atoms with Crippen molar-refractivity contribution in [1.29, 1.82) is 0 Å². The van der Waals surface area contributed by atoms with Crippen LogP contribution in [0.15, 0.2) is 23.7 Å². The summed E-state index contributed by atoms with van der Waals surface area (Å²) >= 11 is 1.65. The van der Waals surface area contributed by atoms with Crippen LogP contribution in [0.2, 0.25) is 0 Å². The number of fused-ring (bicyclic) bond motifs is 1. The van der Waals surface area contributed by atoms with Gasteiger partial charge < -0.3 is 15.2 Å². The van der Waals surface area contributed by atoms with E-state index in [1.165, 1.54) is 0 Å². The monoisotopic (exact) mass is 280 g/mol. The van der Waals surface area contributed by atoms with Gasteiger partial charge in [0.15, 0.2) is 0 Å². The van der Waals surface area contributed by atoms with Gasteiger partial charge in [0.25, 0.3) is 0 Å². The average molecular weight is 280 g/mol. The Morgan fingerprint density at radius 1 is 1.58 bits per heavy atom. The van der Waals surface area contributed by atoms with Crippen LogP contribution >= 0.6 is 11.3 Å². The molecule has 0 bridgehead atoms. The van der Waals surface area contributed by atoms with Gasteiger partial charge in [0.05, 0.1) is 12.5 Å². The first-order valence-corrected chi connectivity index (χ1v) is 6.98. The SMILES string of the molecule is CCOC(CNc1nccc2sccc12)CC(=O)O. The number of ether oxygens (including phenoxy) is 1. The van der Waals surface area contributed by atoms with Gasteiger partial charge in [0, 0.05) is 29.4 Å². The van der Waals surface area contributed by atoms with Crippen LogP contribution < -0.4 is 5.32 Å². The lowest BCUT2D eigenvalue weighted by molar-refractivity contribution is -0.139. The Balaban J connectivity index is 2.03. The molecule has 2 rings (SSSR count). The lowest BCUT2D eigenvalue weighted by Gasteiger charge is -2.16. The second-order valence-corrected chi connectivity index (χ2v) is 5.00. The topological polar surface area (TPSA) is 71.5 Å². The summed E-state index contributed by atoms with van der Waals surface area (Å²) < 4.78 is 6.56. The quantitative estimate of drug-likeness (QED) is 0.815. The van der Waals surface area contributed by atoms with Crippen molar-refractivity contribution < 1.29 is 14.6 Å². The molecule has 2 heterocycles. The van der Waals surface area contributed by atoms with Crippen LogP contribution in [0.3, 0.4) is 0 Å². The molecule has 0 saturated carbocycles. The maximum atomic E-state index is 10.7. The Bertz CT molecular complexity index is 556. The molecule has 0 aromatic carbocycles. The number of carbonyl (C=O) groups is 1. The van der Waals surface area contributed by atoms with Crippen molar-refractivity contribution in [2.75, 3.05) is 18.5 Å². The van der Waals surface area contributed by atoms with E-state index in [9.17, 15) is 4.79 Å². The normalized spacial score (nSPS) is 12.5. The predicted molar refractivity (Wildman–Crippen MR) is 75.8 cm³/mol. The highest BCUT2D eigenvalue weighted by Crippen LogP contribution is 2.25. The molecule has 0 fully saturated rings. The first-order chi connectivity index (χ1) is 9.20. The van der Waals surface area contributed by atoms with Crippen molar-refractivity contribution in [3.05, 3.63) is 23.7 Å². The molecule has 0 saturated heterocycles. The van der Waals surface area contributed by atoms with Gasteiger partial charge in [0.1, 0.15) is 5.82 Å². The molecule has 0 amide bonds. The second kappa shape index (κ2) is 6.49. The summed E-state index contributed by atoms with van der Waals surface area (Å²) in [6, 6.07) is 3.96. The number of thiophene rings is 1. The number of carboxylic acids is 1. The number of rotatable bonds is 7. The minimum atomic E-state index is -0.859. The number of hydrogen-bond donors (Lipinski definition) is 2. The summed E-state index contributed by atoms with van der Waals surface area (Å²) in [5.41, 5.74) is 0. The zero-order valence-electron chi connectivity index (χ0n) is 10.6. The van der Waals surface area contributed by atoms with E-state index >= 15 is 0 Å². The number of nitrogens with zero attached hydrogens (tertiary/aromatic N) is 1. The molecule has 0 aliphatic carbocycles. The third-order valence-corrected chi connectivity index (χ3v) is 3.56. The van der Waals surface area contributed by atoms with Crippen molar-refractivity contribution in [2.24, 2.45) is 0 Å². The third kappa shape index (κ3) is 3.65. The Hall–Kier alpha value is -1.66. The summed E-state index contributed by atoms with van der Waals surface area (Å²) in [4.78, 5) is 15.0. The minimum absolute atomic E-state index is 0.0134. The molecule has 0 spiro atoms. The number of aliphatic carboxylic acids is 1. The maximum Gasteiger partial charge on any atom is 0.306 e. The molecule has 6 heteroatoms. The number of anilines is 1. The van der Waals surface area contributed by atoms with Crippen LogP contribution in [0.25, 0.3) is 10.1 Å². The smallest absolute Gasteiger partial charge is 0.306 e. The van der Waals surface area contributed by atoms with Crippen molar-refractivity contribution in [1.82, 2.24) is 4.98 Å². The molecule has 0 radical (unpaired) electrons. The molecule has 2 aromatic rings. The van der Waals surface area contributed by atoms with E-state index in [-0.39, 0.29) is 12.5 Å². The highest BCUT2D eigenvalue weighted by molar-refractivity contribution is 7.17. The van der Waals surface area contributed by atoms with Crippen molar-refractivity contribution in [3.8, 4) is 0 Å². The maximum absolute atomic E-state index is 10.7. The molecular formula is C13H16N2O3S. The van der Waals surface area contributed by atoms with E-state index in [0.29, 0.717) is 13.2 Å². The zero-order chi connectivity index (χ0) is 13.7. The van der Waals surface area contributed by atoms with E-state index in [0.717, 1.165) is 15.9 Å². The van der Waals surface area contributed by atoms with Crippen molar-refractivity contribution in [3.63, 3.8) is 0 Å². The number of aromatic nitrogens is 1. The highest BCUT2D eigenvalue weighted by Gasteiger charge is 2.14. The van der Waals surface area contributed by atoms with Crippen LogP contribution in [-0.2, 0) is 9.53 Å². The number of carboxylic acid groups (broad SMARTS) is 1. The highest BCUT2D eigenvalue weighted by atomic mass is 32.1. The van der Waals surface area contributed by atoms with Gasteiger partial charge in [-0.05, 0) is 24.4 Å². The van der Waals surface area contributed by atoms with Crippen LogP contribution in [0, 0.1) is 0 Å². The zero-order valence-corrected chi connectivity index (χ0v) is 11.4. The fraction of sp³-hybridized carbons (Fsp3) is 0.385. The summed E-state index contributed by atoms with van der Waals surface area (Å²) in [5.74, 6) is -0.0872. The molecule has 1 unspecified atom stereocenters. The largest absolute Gasteiger partial charge is 0.481 e. The van der Waals surface area contributed by atoms with Gasteiger partial charge in [-0.2, -0.15) is 0 Å². The Morgan fingerprint density at radius 3 is 3.16 bits per heavy atom. The fourth-order valence-corrected chi connectivity index (χ4v) is 2.65. The first-order valence-electron chi connectivity index (χ1n) is 6.10. The van der Waals surface area contributed by atoms with Crippen LogP contribution in [0.4, 0.5) is 5.82 Å². The molecule has 102 valence electrons. The van der Waals surface area contributed by atoms with E-state index in [1.54, 1.807) is 17.5 Å².